The first-order valence-corrected chi connectivity index (χ1v) is 6.60. The van der Waals surface area contributed by atoms with Gasteiger partial charge in [0.2, 0.25) is 0 Å². The Morgan fingerprint density at radius 3 is 2.93 bits per heavy atom. The number of hydrogen-bond acceptors (Lipinski definition) is 5. The molecule has 1 atom stereocenters. The Labute approximate surface area is 97.2 Å². The molecule has 2 aromatic heterocycles. The predicted molar refractivity (Wildman–Crippen MR) is 64.2 cm³/mol. The zero-order valence-corrected chi connectivity index (χ0v) is 10.4. The Hall–Kier alpha value is -0.780. The summed E-state index contributed by atoms with van der Waals surface area (Å²) >= 11 is 3.32. The lowest BCUT2D eigenvalue weighted by Crippen LogP contribution is -2.18. The molecule has 0 aliphatic rings. The van der Waals surface area contributed by atoms with Crippen LogP contribution in [0.2, 0.25) is 0 Å². The summed E-state index contributed by atoms with van der Waals surface area (Å²) in [6.45, 7) is 4.96. The zero-order chi connectivity index (χ0) is 10.7. The van der Waals surface area contributed by atoms with Gasteiger partial charge in [0.25, 0.3) is 0 Å². The zero-order valence-electron chi connectivity index (χ0n) is 8.73. The van der Waals surface area contributed by atoms with Crippen LogP contribution < -0.4 is 5.32 Å². The molecule has 0 aromatic carbocycles. The third-order valence-corrected chi connectivity index (χ3v) is 3.58. The maximum Gasteiger partial charge on any atom is 0.0898 e. The van der Waals surface area contributed by atoms with E-state index in [2.05, 4.69) is 33.0 Å². The van der Waals surface area contributed by atoms with Crippen LogP contribution in [0.3, 0.4) is 0 Å². The van der Waals surface area contributed by atoms with Crippen molar-refractivity contribution in [2.24, 2.45) is 0 Å². The fourth-order valence-corrected chi connectivity index (χ4v) is 2.53. The second-order valence-corrected chi connectivity index (χ2v) is 5.15. The Kier molecular flexibility index (Phi) is 3.45. The van der Waals surface area contributed by atoms with Crippen molar-refractivity contribution >= 4 is 22.7 Å². The van der Waals surface area contributed by atoms with Crippen LogP contribution in [0.4, 0.5) is 0 Å². The third kappa shape index (κ3) is 2.84. The van der Waals surface area contributed by atoms with Crippen LogP contribution >= 0.6 is 22.7 Å². The predicted octanol–water partition coefficient (Wildman–Crippen LogP) is 2.76. The summed E-state index contributed by atoms with van der Waals surface area (Å²) in [5.74, 6) is 0. The van der Waals surface area contributed by atoms with E-state index in [4.69, 9.17) is 0 Å². The fourth-order valence-electron chi connectivity index (χ4n) is 1.27. The molecule has 5 heteroatoms. The van der Waals surface area contributed by atoms with Gasteiger partial charge in [-0.05, 0) is 13.8 Å². The molecule has 80 valence electrons. The van der Waals surface area contributed by atoms with E-state index in [-0.39, 0.29) is 6.04 Å². The van der Waals surface area contributed by atoms with Gasteiger partial charge in [0, 0.05) is 23.3 Å². The third-order valence-electron chi connectivity index (χ3n) is 2.15. The summed E-state index contributed by atoms with van der Waals surface area (Å²) in [6, 6.07) is 0.289. The van der Waals surface area contributed by atoms with Gasteiger partial charge in [-0.25, -0.2) is 9.97 Å². The van der Waals surface area contributed by atoms with Crippen LogP contribution in [0, 0.1) is 6.92 Å². The largest absolute Gasteiger partial charge is 0.303 e. The van der Waals surface area contributed by atoms with E-state index in [1.54, 1.807) is 22.7 Å². The molecular formula is C10H13N3S2. The summed E-state index contributed by atoms with van der Waals surface area (Å²) in [5, 5.41) is 8.69. The molecule has 15 heavy (non-hydrogen) atoms. The van der Waals surface area contributed by atoms with E-state index in [1.807, 2.05) is 12.4 Å². The molecule has 2 rings (SSSR count). The van der Waals surface area contributed by atoms with Gasteiger partial charge >= 0.3 is 0 Å². The van der Waals surface area contributed by atoms with Crippen LogP contribution in [0.5, 0.6) is 0 Å². The highest BCUT2D eigenvalue weighted by Crippen LogP contribution is 2.16. The van der Waals surface area contributed by atoms with Crippen molar-refractivity contribution in [3.05, 3.63) is 32.7 Å². The van der Waals surface area contributed by atoms with Crippen molar-refractivity contribution in [2.45, 2.75) is 26.4 Å². The first kappa shape index (κ1) is 10.7. The molecule has 1 N–H and O–H groups in total. The minimum Gasteiger partial charge on any atom is -0.303 e. The van der Waals surface area contributed by atoms with Gasteiger partial charge in [0.1, 0.15) is 0 Å². The number of rotatable bonds is 4. The van der Waals surface area contributed by atoms with Gasteiger partial charge in [0.15, 0.2) is 0 Å². The molecule has 0 aliphatic heterocycles. The average molecular weight is 239 g/mol. The van der Waals surface area contributed by atoms with Crippen LogP contribution in [0.1, 0.15) is 29.4 Å². The van der Waals surface area contributed by atoms with Crippen molar-refractivity contribution in [2.75, 3.05) is 0 Å². The number of nitrogens with zero attached hydrogens (tertiary/aromatic N) is 2. The first-order valence-electron chi connectivity index (χ1n) is 4.78. The summed E-state index contributed by atoms with van der Waals surface area (Å²) in [7, 11) is 0. The highest BCUT2D eigenvalue weighted by molar-refractivity contribution is 7.09. The van der Waals surface area contributed by atoms with Gasteiger partial charge in [-0.2, -0.15) is 0 Å². The van der Waals surface area contributed by atoms with Crippen molar-refractivity contribution in [1.29, 1.82) is 0 Å². The maximum absolute atomic E-state index is 4.45. The Bertz CT molecular complexity index is 408. The molecule has 0 spiro atoms. The molecular weight excluding hydrogens is 226 g/mol. The molecule has 0 bridgehead atoms. The lowest BCUT2D eigenvalue weighted by atomic mass is 10.2. The van der Waals surface area contributed by atoms with Crippen molar-refractivity contribution in [3.8, 4) is 0 Å². The lowest BCUT2D eigenvalue weighted by Gasteiger charge is -2.09. The standard InChI is InChI=1S/C10H13N3S2/c1-7(10-5-15-8(2)13-10)11-3-9-4-14-6-12-9/h4-7,11H,3H2,1-2H3. The molecule has 3 nitrogen and oxygen atoms in total. The van der Waals surface area contributed by atoms with E-state index >= 15 is 0 Å². The van der Waals surface area contributed by atoms with Gasteiger partial charge < -0.3 is 5.32 Å². The van der Waals surface area contributed by atoms with Crippen LogP contribution in [-0.2, 0) is 6.54 Å². The summed E-state index contributed by atoms with van der Waals surface area (Å²) in [5.41, 5.74) is 4.07. The summed E-state index contributed by atoms with van der Waals surface area (Å²) in [4.78, 5) is 8.67. The number of hydrogen-bond donors (Lipinski definition) is 1. The molecule has 0 aliphatic carbocycles. The molecule has 2 aromatic rings. The van der Waals surface area contributed by atoms with Crippen LogP contribution in [0.15, 0.2) is 16.3 Å². The second kappa shape index (κ2) is 4.83. The van der Waals surface area contributed by atoms with Gasteiger partial charge in [-0.3, -0.25) is 0 Å². The molecule has 0 fully saturated rings. The minimum atomic E-state index is 0.289. The topological polar surface area (TPSA) is 37.8 Å². The van der Waals surface area contributed by atoms with Crippen molar-refractivity contribution in [3.63, 3.8) is 0 Å². The molecule has 0 amide bonds. The smallest absolute Gasteiger partial charge is 0.0898 e. The quantitative estimate of drug-likeness (QED) is 0.891. The second-order valence-electron chi connectivity index (χ2n) is 3.37. The van der Waals surface area contributed by atoms with Crippen molar-refractivity contribution < 1.29 is 0 Å². The van der Waals surface area contributed by atoms with E-state index in [0.29, 0.717) is 0 Å². The van der Waals surface area contributed by atoms with E-state index in [0.717, 1.165) is 22.9 Å². The molecule has 0 saturated heterocycles. The average Bonchev–Trinajstić information content (AvgIpc) is 2.84. The minimum absolute atomic E-state index is 0.289. The van der Waals surface area contributed by atoms with E-state index in [1.165, 1.54) is 0 Å². The highest BCUT2D eigenvalue weighted by Gasteiger charge is 2.08. The molecule has 0 radical (unpaired) electrons. The number of nitrogens with one attached hydrogen (secondary N) is 1. The van der Waals surface area contributed by atoms with Crippen molar-refractivity contribution in [1.82, 2.24) is 15.3 Å². The maximum atomic E-state index is 4.45. The Morgan fingerprint density at radius 1 is 1.47 bits per heavy atom. The van der Waals surface area contributed by atoms with E-state index < -0.39 is 0 Å². The highest BCUT2D eigenvalue weighted by atomic mass is 32.1. The molecule has 2 heterocycles. The monoisotopic (exact) mass is 239 g/mol. The van der Waals surface area contributed by atoms with Gasteiger partial charge in [0.05, 0.1) is 21.9 Å². The van der Waals surface area contributed by atoms with Gasteiger partial charge in [-0.1, -0.05) is 0 Å². The van der Waals surface area contributed by atoms with Crippen LogP contribution in [0.25, 0.3) is 0 Å². The normalized spacial score (nSPS) is 12.9. The van der Waals surface area contributed by atoms with Gasteiger partial charge in [-0.15, -0.1) is 22.7 Å². The number of aryl methyl sites for hydroxylation is 1. The lowest BCUT2D eigenvalue weighted by molar-refractivity contribution is 0.558. The molecule has 1 unspecified atom stereocenters. The molecule has 0 saturated carbocycles. The first-order chi connectivity index (χ1) is 7.25. The van der Waals surface area contributed by atoms with Crippen LogP contribution in [-0.4, -0.2) is 9.97 Å². The Balaban J connectivity index is 1.90. The number of aromatic nitrogens is 2. The van der Waals surface area contributed by atoms with E-state index in [9.17, 15) is 0 Å². The summed E-state index contributed by atoms with van der Waals surface area (Å²) in [6.07, 6.45) is 0. The fraction of sp³-hybridized carbons (Fsp3) is 0.400. The summed E-state index contributed by atoms with van der Waals surface area (Å²) < 4.78 is 0. The number of thiazole rings is 2. The Morgan fingerprint density at radius 2 is 2.33 bits per heavy atom. The SMILES string of the molecule is Cc1nc(C(C)NCc2cscn2)cs1.